The van der Waals surface area contributed by atoms with Crippen LogP contribution in [0.1, 0.15) is 44.1 Å². The van der Waals surface area contributed by atoms with Crippen molar-refractivity contribution in [2.75, 3.05) is 5.32 Å². The second-order valence-electron chi connectivity index (χ2n) is 5.59. The molecule has 1 fully saturated rings. The van der Waals surface area contributed by atoms with Gasteiger partial charge in [-0.3, -0.25) is 10.1 Å². The maximum absolute atomic E-state index is 11.8. The second kappa shape index (κ2) is 4.95. The van der Waals surface area contributed by atoms with Crippen molar-refractivity contribution in [3.63, 3.8) is 0 Å². The number of carbonyl (C=O) groups is 2. The number of amides is 1. The monoisotopic (exact) mass is 263 g/mol. The fraction of sp³-hybridized carbons (Fsp3) is 0.538. The van der Waals surface area contributed by atoms with E-state index in [9.17, 15) is 9.59 Å². The quantitative estimate of drug-likeness (QED) is 0.847. The van der Waals surface area contributed by atoms with Gasteiger partial charge in [0.1, 0.15) is 11.3 Å². The number of aromatic nitrogens is 2. The Bertz CT molecular complexity index is 504. The summed E-state index contributed by atoms with van der Waals surface area (Å²) in [5.74, 6) is 0.0615. The van der Waals surface area contributed by atoms with Crippen LogP contribution in [0.15, 0.2) is 12.3 Å². The molecule has 0 aliphatic heterocycles. The van der Waals surface area contributed by atoms with Crippen LogP contribution in [0.2, 0.25) is 0 Å². The maximum atomic E-state index is 11.8. The SMILES string of the molecule is CC(C)(C)OC(=O)Nc1cnnc(C(=O)C2CC2)c1. The van der Waals surface area contributed by atoms with Crippen LogP contribution >= 0.6 is 0 Å². The molecule has 0 spiro atoms. The molecule has 6 heteroatoms. The summed E-state index contributed by atoms with van der Waals surface area (Å²) in [5.41, 5.74) is 0.126. The van der Waals surface area contributed by atoms with E-state index in [4.69, 9.17) is 4.74 Å². The third-order valence-electron chi connectivity index (χ3n) is 2.50. The highest BCUT2D eigenvalue weighted by Gasteiger charge is 2.31. The Balaban J connectivity index is 2.02. The third-order valence-corrected chi connectivity index (χ3v) is 2.50. The molecule has 0 unspecified atom stereocenters. The van der Waals surface area contributed by atoms with Crippen LogP contribution < -0.4 is 5.32 Å². The average molecular weight is 263 g/mol. The fourth-order valence-electron chi connectivity index (χ4n) is 1.53. The predicted molar refractivity (Wildman–Crippen MR) is 68.9 cm³/mol. The van der Waals surface area contributed by atoms with E-state index in [1.54, 1.807) is 20.8 Å². The molecule has 1 amide bonds. The van der Waals surface area contributed by atoms with Crippen molar-refractivity contribution in [2.45, 2.75) is 39.2 Å². The van der Waals surface area contributed by atoms with Crippen LogP contribution in [0.5, 0.6) is 0 Å². The number of anilines is 1. The number of ketones is 1. The topological polar surface area (TPSA) is 81.2 Å². The fourth-order valence-corrected chi connectivity index (χ4v) is 1.53. The lowest BCUT2D eigenvalue weighted by molar-refractivity contribution is 0.0635. The Morgan fingerprint density at radius 1 is 1.37 bits per heavy atom. The van der Waals surface area contributed by atoms with E-state index >= 15 is 0 Å². The summed E-state index contributed by atoms with van der Waals surface area (Å²) in [4.78, 5) is 23.4. The molecule has 0 saturated heterocycles. The lowest BCUT2D eigenvalue weighted by Crippen LogP contribution is -2.27. The largest absolute Gasteiger partial charge is 0.444 e. The van der Waals surface area contributed by atoms with Gasteiger partial charge in [-0.15, -0.1) is 5.10 Å². The van der Waals surface area contributed by atoms with Gasteiger partial charge in [-0.05, 0) is 39.7 Å². The summed E-state index contributed by atoms with van der Waals surface area (Å²) < 4.78 is 5.12. The van der Waals surface area contributed by atoms with Crippen LogP contribution in [0.3, 0.4) is 0 Å². The van der Waals surface area contributed by atoms with Gasteiger partial charge in [-0.2, -0.15) is 5.10 Å². The van der Waals surface area contributed by atoms with E-state index in [0.717, 1.165) is 12.8 Å². The molecule has 0 radical (unpaired) electrons. The second-order valence-corrected chi connectivity index (χ2v) is 5.59. The van der Waals surface area contributed by atoms with E-state index < -0.39 is 11.7 Å². The predicted octanol–water partition coefficient (Wildman–Crippen LogP) is 2.42. The number of hydrogen-bond acceptors (Lipinski definition) is 5. The molecule has 1 aliphatic rings. The minimum atomic E-state index is -0.578. The minimum absolute atomic E-state index is 0.0136. The molecular weight excluding hydrogens is 246 g/mol. The Morgan fingerprint density at radius 2 is 2.05 bits per heavy atom. The van der Waals surface area contributed by atoms with Gasteiger partial charge in [0.15, 0.2) is 5.78 Å². The number of carbonyl (C=O) groups excluding carboxylic acids is 2. The first-order valence-corrected chi connectivity index (χ1v) is 6.22. The van der Waals surface area contributed by atoms with Gasteiger partial charge in [0, 0.05) is 5.92 Å². The average Bonchev–Trinajstić information content (AvgIpc) is 3.09. The van der Waals surface area contributed by atoms with Gasteiger partial charge in [0.25, 0.3) is 0 Å². The standard InChI is InChI=1S/C13H17N3O3/c1-13(2,3)19-12(18)15-9-6-10(16-14-7-9)11(17)8-4-5-8/h6-8H,4-5H2,1-3H3,(H,15,16,18). The van der Waals surface area contributed by atoms with Crippen molar-refractivity contribution in [1.82, 2.24) is 10.2 Å². The molecule has 1 heterocycles. The van der Waals surface area contributed by atoms with Crippen molar-refractivity contribution in [1.29, 1.82) is 0 Å². The first-order chi connectivity index (χ1) is 8.85. The summed E-state index contributed by atoms with van der Waals surface area (Å²) in [6.07, 6.45) is 2.62. The van der Waals surface area contributed by atoms with Gasteiger partial charge >= 0.3 is 6.09 Å². The normalized spacial score (nSPS) is 14.9. The van der Waals surface area contributed by atoms with Crippen molar-refractivity contribution in [3.8, 4) is 0 Å². The highest BCUT2D eigenvalue weighted by Crippen LogP contribution is 2.32. The van der Waals surface area contributed by atoms with Crippen molar-refractivity contribution in [3.05, 3.63) is 18.0 Å². The summed E-state index contributed by atoms with van der Waals surface area (Å²) >= 11 is 0. The molecule has 0 aromatic carbocycles. The number of hydrogen-bond donors (Lipinski definition) is 1. The van der Waals surface area contributed by atoms with Crippen LogP contribution in [0, 0.1) is 5.92 Å². The molecular formula is C13H17N3O3. The molecule has 2 rings (SSSR count). The van der Waals surface area contributed by atoms with Crippen molar-refractivity contribution in [2.24, 2.45) is 5.92 Å². The summed E-state index contributed by atoms with van der Waals surface area (Å²) in [7, 11) is 0. The highest BCUT2D eigenvalue weighted by atomic mass is 16.6. The zero-order valence-corrected chi connectivity index (χ0v) is 11.3. The Kier molecular flexibility index (Phi) is 3.50. The Hall–Kier alpha value is -1.98. The van der Waals surface area contributed by atoms with Crippen molar-refractivity contribution < 1.29 is 14.3 Å². The van der Waals surface area contributed by atoms with Crippen LogP contribution in [-0.2, 0) is 4.74 Å². The van der Waals surface area contributed by atoms with Gasteiger partial charge in [-0.25, -0.2) is 4.79 Å². The van der Waals surface area contributed by atoms with E-state index in [0.29, 0.717) is 5.69 Å². The van der Waals surface area contributed by atoms with Gasteiger partial charge in [0.05, 0.1) is 11.9 Å². The van der Waals surface area contributed by atoms with Gasteiger partial charge in [-0.1, -0.05) is 0 Å². The molecule has 19 heavy (non-hydrogen) atoms. The van der Waals surface area contributed by atoms with Crippen LogP contribution in [-0.4, -0.2) is 27.7 Å². The molecule has 1 aliphatic carbocycles. The van der Waals surface area contributed by atoms with Gasteiger partial charge < -0.3 is 4.74 Å². The Labute approximate surface area is 111 Å². The van der Waals surface area contributed by atoms with E-state index in [1.165, 1.54) is 12.3 Å². The molecule has 6 nitrogen and oxygen atoms in total. The van der Waals surface area contributed by atoms with Crippen molar-refractivity contribution >= 4 is 17.6 Å². The molecule has 0 bridgehead atoms. The highest BCUT2D eigenvalue weighted by molar-refractivity contribution is 5.98. The smallest absolute Gasteiger partial charge is 0.412 e. The molecule has 0 atom stereocenters. The lowest BCUT2D eigenvalue weighted by atomic mass is 10.2. The van der Waals surface area contributed by atoms with Gasteiger partial charge in [0.2, 0.25) is 0 Å². The van der Waals surface area contributed by atoms with Crippen LogP contribution in [0.4, 0.5) is 10.5 Å². The minimum Gasteiger partial charge on any atom is -0.444 e. The van der Waals surface area contributed by atoms with E-state index in [2.05, 4.69) is 15.5 Å². The number of nitrogens with one attached hydrogen (secondary N) is 1. The number of ether oxygens (including phenoxy) is 1. The number of nitrogens with zero attached hydrogens (tertiary/aromatic N) is 2. The number of Topliss-reactive ketones (excluding diaryl/α,β-unsaturated/α-hetero) is 1. The zero-order valence-electron chi connectivity index (χ0n) is 11.3. The summed E-state index contributed by atoms with van der Waals surface area (Å²) in [5, 5.41) is 10.1. The molecule has 1 saturated carbocycles. The van der Waals surface area contributed by atoms with Crippen LogP contribution in [0.25, 0.3) is 0 Å². The van der Waals surface area contributed by atoms with E-state index in [-0.39, 0.29) is 17.4 Å². The lowest BCUT2D eigenvalue weighted by Gasteiger charge is -2.19. The summed E-state index contributed by atoms with van der Waals surface area (Å²) in [6, 6.07) is 1.53. The molecule has 1 aromatic rings. The molecule has 1 N–H and O–H groups in total. The summed E-state index contributed by atoms with van der Waals surface area (Å²) in [6.45, 7) is 5.33. The Morgan fingerprint density at radius 3 is 2.63 bits per heavy atom. The number of rotatable bonds is 3. The maximum Gasteiger partial charge on any atom is 0.412 e. The molecule has 1 aromatic heterocycles. The first-order valence-electron chi connectivity index (χ1n) is 6.22. The van der Waals surface area contributed by atoms with E-state index in [1.807, 2.05) is 0 Å². The zero-order chi connectivity index (χ0) is 14.0. The molecule has 102 valence electrons. The first kappa shape index (κ1) is 13.5. The third kappa shape index (κ3) is 4.01.